The third kappa shape index (κ3) is 3.00. The van der Waals surface area contributed by atoms with Crippen LogP contribution in [-0.2, 0) is 9.53 Å². The van der Waals surface area contributed by atoms with Crippen LogP contribution in [0.2, 0.25) is 0 Å². The Hall–Kier alpha value is -1.30. The number of fused-ring (bicyclic) bond motifs is 1. The van der Waals surface area contributed by atoms with Gasteiger partial charge in [-0.25, -0.2) is 4.79 Å². The number of rotatable bonds is 3. The maximum absolute atomic E-state index is 12.6. The first kappa shape index (κ1) is 14.6. The van der Waals surface area contributed by atoms with Gasteiger partial charge < -0.3 is 20.1 Å². The van der Waals surface area contributed by atoms with Crippen molar-refractivity contribution in [2.75, 3.05) is 13.2 Å². The van der Waals surface area contributed by atoms with Crippen LogP contribution in [0.1, 0.15) is 51.4 Å². The summed E-state index contributed by atoms with van der Waals surface area (Å²) in [6.07, 6.45) is 7.02. The molecular weight excluding hydrogens is 272 g/mol. The van der Waals surface area contributed by atoms with Gasteiger partial charge in [0.2, 0.25) is 0 Å². The van der Waals surface area contributed by atoms with Crippen LogP contribution < -0.4 is 5.32 Å². The first-order valence-electron chi connectivity index (χ1n) is 8.02. The fourth-order valence-corrected chi connectivity index (χ4v) is 3.89. The number of aliphatic carboxylic acids is 1. The van der Waals surface area contributed by atoms with Crippen molar-refractivity contribution in [3.8, 4) is 0 Å². The average Bonchev–Trinajstić information content (AvgIpc) is 2.43. The quantitative estimate of drug-likeness (QED) is 0.831. The molecule has 2 amide bonds. The van der Waals surface area contributed by atoms with Gasteiger partial charge >= 0.3 is 12.0 Å². The molecule has 2 unspecified atom stereocenters. The van der Waals surface area contributed by atoms with Gasteiger partial charge in [-0.15, -0.1) is 0 Å². The molecule has 3 rings (SSSR count). The van der Waals surface area contributed by atoms with E-state index in [2.05, 4.69) is 5.32 Å². The van der Waals surface area contributed by atoms with Crippen LogP contribution in [0.3, 0.4) is 0 Å². The molecule has 2 aliphatic carbocycles. The van der Waals surface area contributed by atoms with Crippen molar-refractivity contribution < 1.29 is 19.4 Å². The molecule has 6 heteroatoms. The fraction of sp³-hybridized carbons (Fsp3) is 0.867. The highest BCUT2D eigenvalue weighted by Gasteiger charge is 2.43. The Morgan fingerprint density at radius 1 is 1.24 bits per heavy atom. The molecular formula is C15H24N2O4. The average molecular weight is 296 g/mol. The zero-order valence-electron chi connectivity index (χ0n) is 12.3. The fourth-order valence-electron chi connectivity index (χ4n) is 3.89. The molecule has 0 radical (unpaired) electrons. The number of carbonyl (C=O) groups is 2. The first-order chi connectivity index (χ1) is 10.1. The lowest BCUT2D eigenvalue weighted by Gasteiger charge is -2.47. The predicted octanol–water partition coefficient (Wildman–Crippen LogP) is 1.74. The van der Waals surface area contributed by atoms with E-state index in [1.807, 2.05) is 4.90 Å². The van der Waals surface area contributed by atoms with Crippen LogP contribution in [-0.4, -0.2) is 52.8 Å². The molecule has 2 saturated carbocycles. The van der Waals surface area contributed by atoms with Crippen LogP contribution in [0.4, 0.5) is 4.79 Å². The number of nitrogens with zero attached hydrogens (tertiary/aromatic N) is 1. The Kier molecular flexibility index (Phi) is 4.06. The summed E-state index contributed by atoms with van der Waals surface area (Å²) in [6, 6.07) is 0.0607. The summed E-state index contributed by atoms with van der Waals surface area (Å²) in [5, 5.41) is 12.1. The molecule has 0 bridgehead atoms. The van der Waals surface area contributed by atoms with Crippen molar-refractivity contribution in [3.05, 3.63) is 0 Å². The zero-order valence-corrected chi connectivity index (χ0v) is 12.3. The van der Waals surface area contributed by atoms with E-state index in [1.54, 1.807) is 0 Å². The molecule has 21 heavy (non-hydrogen) atoms. The van der Waals surface area contributed by atoms with Crippen LogP contribution >= 0.6 is 0 Å². The zero-order chi connectivity index (χ0) is 14.9. The predicted molar refractivity (Wildman–Crippen MR) is 76.1 cm³/mol. The second kappa shape index (κ2) is 5.83. The summed E-state index contributed by atoms with van der Waals surface area (Å²) < 4.78 is 5.78. The maximum atomic E-state index is 12.6. The number of nitrogens with one attached hydrogen (secondary N) is 1. The van der Waals surface area contributed by atoms with E-state index in [0.717, 1.165) is 38.5 Å². The molecule has 3 aliphatic rings. The maximum Gasteiger partial charge on any atom is 0.318 e. The molecule has 0 spiro atoms. The molecule has 1 saturated heterocycles. The van der Waals surface area contributed by atoms with Crippen molar-refractivity contribution in [1.82, 2.24) is 10.2 Å². The van der Waals surface area contributed by atoms with E-state index >= 15 is 0 Å². The van der Waals surface area contributed by atoms with Crippen molar-refractivity contribution in [3.63, 3.8) is 0 Å². The van der Waals surface area contributed by atoms with Gasteiger partial charge in [0.1, 0.15) is 0 Å². The van der Waals surface area contributed by atoms with E-state index < -0.39 is 11.5 Å². The van der Waals surface area contributed by atoms with Crippen LogP contribution in [0.5, 0.6) is 0 Å². The van der Waals surface area contributed by atoms with Gasteiger partial charge in [-0.1, -0.05) is 12.8 Å². The van der Waals surface area contributed by atoms with Gasteiger partial charge in [-0.3, -0.25) is 4.79 Å². The van der Waals surface area contributed by atoms with Gasteiger partial charge in [-0.05, 0) is 32.1 Å². The number of morpholine rings is 1. The van der Waals surface area contributed by atoms with Gasteiger partial charge in [0.15, 0.2) is 0 Å². The second-order valence-corrected chi connectivity index (χ2v) is 6.59. The Morgan fingerprint density at radius 3 is 2.67 bits per heavy atom. The summed E-state index contributed by atoms with van der Waals surface area (Å²) in [5.41, 5.74) is -0.522. The van der Waals surface area contributed by atoms with E-state index in [1.165, 1.54) is 6.42 Å². The minimum atomic E-state index is -0.840. The number of ether oxygens (including phenoxy) is 1. The third-order valence-electron chi connectivity index (χ3n) is 5.17. The summed E-state index contributed by atoms with van der Waals surface area (Å²) in [6.45, 7) is 1.19. The largest absolute Gasteiger partial charge is 0.481 e. The number of carboxylic acid groups (broad SMARTS) is 1. The van der Waals surface area contributed by atoms with Crippen LogP contribution in [0.15, 0.2) is 0 Å². The lowest BCUT2D eigenvalue weighted by atomic mass is 9.74. The highest BCUT2D eigenvalue weighted by Crippen LogP contribution is 2.36. The summed E-state index contributed by atoms with van der Waals surface area (Å²) in [5.74, 6) is -0.840. The second-order valence-electron chi connectivity index (χ2n) is 6.59. The molecule has 1 heterocycles. The lowest BCUT2D eigenvalue weighted by molar-refractivity contribution is -0.139. The third-order valence-corrected chi connectivity index (χ3v) is 5.17. The van der Waals surface area contributed by atoms with E-state index in [4.69, 9.17) is 9.84 Å². The number of amides is 2. The van der Waals surface area contributed by atoms with Crippen molar-refractivity contribution in [1.29, 1.82) is 0 Å². The van der Waals surface area contributed by atoms with E-state index in [9.17, 15) is 9.59 Å². The van der Waals surface area contributed by atoms with Crippen molar-refractivity contribution in [2.24, 2.45) is 0 Å². The van der Waals surface area contributed by atoms with Crippen LogP contribution in [0.25, 0.3) is 0 Å². The van der Waals surface area contributed by atoms with Crippen LogP contribution in [0, 0.1) is 0 Å². The van der Waals surface area contributed by atoms with Gasteiger partial charge in [0.05, 0.1) is 30.7 Å². The van der Waals surface area contributed by atoms with E-state index in [-0.39, 0.29) is 24.6 Å². The summed E-state index contributed by atoms with van der Waals surface area (Å²) in [4.78, 5) is 25.5. The standard InChI is InChI=1S/C15H24N2O4/c18-13(19)10-15(6-3-7-15)16-14(20)17-8-9-21-12-5-2-1-4-11(12)17/h11-12H,1-10H2,(H,16,20)(H,18,19). The Labute approximate surface area is 124 Å². The summed E-state index contributed by atoms with van der Waals surface area (Å²) >= 11 is 0. The number of urea groups is 1. The van der Waals surface area contributed by atoms with Gasteiger partial charge in [-0.2, -0.15) is 0 Å². The minimum absolute atomic E-state index is 0.0250. The molecule has 1 aliphatic heterocycles. The first-order valence-corrected chi connectivity index (χ1v) is 8.02. The number of carboxylic acids is 1. The molecule has 118 valence electrons. The molecule has 2 atom stereocenters. The number of hydrogen-bond acceptors (Lipinski definition) is 3. The molecule has 6 nitrogen and oxygen atoms in total. The monoisotopic (exact) mass is 296 g/mol. The Morgan fingerprint density at radius 2 is 2.00 bits per heavy atom. The Bertz CT molecular complexity index is 420. The molecule has 3 fully saturated rings. The smallest absolute Gasteiger partial charge is 0.318 e. The summed E-state index contributed by atoms with van der Waals surface area (Å²) in [7, 11) is 0. The van der Waals surface area contributed by atoms with Crippen molar-refractivity contribution >= 4 is 12.0 Å². The van der Waals surface area contributed by atoms with Crippen molar-refractivity contribution in [2.45, 2.75) is 69.1 Å². The highest BCUT2D eigenvalue weighted by molar-refractivity contribution is 5.77. The molecule has 0 aromatic carbocycles. The number of carbonyl (C=O) groups excluding carboxylic acids is 1. The highest BCUT2D eigenvalue weighted by atomic mass is 16.5. The Balaban J connectivity index is 1.65. The number of hydrogen-bond donors (Lipinski definition) is 2. The lowest BCUT2D eigenvalue weighted by Crippen LogP contribution is -2.63. The minimum Gasteiger partial charge on any atom is -0.481 e. The molecule has 2 N–H and O–H groups in total. The van der Waals surface area contributed by atoms with Gasteiger partial charge in [0, 0.05) is 6.54 Å². The van der Waals surface area contributed by atoms with E-state index in [0.29, 0.717) is 13.2 Å². The SMILES string of the molecule is O=C(O)CC1(NC(=O)N2CCOC3CCCCC32)CCC1. The topological polar surface area (TPSA) is 78.9 Å². The normalized spacial score (nSPS) is 31.0. The van der Waals surface area contributed by atoms with Gasteiger partial charge in [0.25, 0.3) is 0 Å². The molecule has 0 aromatic rings. The molecule has 0 aromatic heterocycles.